The van der Waals surface area contributed by atoms with Crippen molar-refractivity contribution in [2.45, 2.75) is 13.3 Å². The molecule has 0 amide bonds. The van der Waals surface area contributed by atoms with E-state index >= 15 is 0 Å². The van der Waals surface area contributed by atoms with Crippen molar-refractivity contribution in [1.82, 2.24) is 20.1 Å². The lowest BCUT2D eigenvalue weighted by Gasteiger charge is -2.25. The molecule has 0 bridgehead atoms. The van der Waals surface area contributed by atoms with Crippen LogP contribution in [0.5, 0.6) is 0 Å². The molecule has 0 unspecified atom stereocenters. The summed E-state index contributed by atoms with van der Waals surface area (Å²) >= 11 is 1.35. The largest absolute Gasteiger partial charge is 0.379 e. The van der Waals surface area contributed by atoms with Gasteiger partial charge in [-0.05, 0) is 30.5 Å². The Bertz CT molecular complexity index is 985. The van der Waals surface area contributed by atoms with E-state index in [1.807, 2.05) is 13.0 Å². The molecule has 1 saturated heterocycles. The van der Waals surface area contributed by atoms with Crippen LogP contribution in [0.4, 0.5) is 4.39 Å². The minimum atomic E-state index is -0.350. The van der Waals surface area contributed by atoms with Crippen LogP contribution in [0.1, 0.15) is 10.7 Å². The molecule has 1 aromatic carbocycles. The molecule has 0 aliphatic carbocycles. The molecule has 0 saturated carbocycles. The smallest absolute Gasteiger partial charge is 0.152 e. The second-order valence-electron chi connectivity index (χ2n) is 6.59. The Labute approximate surface area is 160 Å². The molecule has 1 aliphatic rings. The van der Waals surface area contributed by atoms with Crippen molar-refractivity contribution in [3.8, 4) is 10.6 Å². The predicted octanol–water partition coefficient (Wildman–Crippen LogP) is 2.64. The van der Waals surface area contributed by atoms with Gasteiger partial charge in [0.15, 0.2) is 10.8 Å². The van der Waals surface area contributed by atoms with Crippen LogP contribution < -0.4 is 0 Å². The van der Waals surface area contributed by atoms with Gasteiger partial charge >= 0.3 is 0 Å². The minimum absolute atomic E-state index is 0.117. The number of carbonyl (C=O) groups is 1. The van der Waals surface area contributed by atoms with Crippen LogP contribution in [0.2, 0.25) is 0 Å². The lowest BCUT2D eigenvalue weighted by Crippen LogP contribution is -2.39. The number of fused-ring (bicyclic) bond motifs is 1. The van der Waals surface area contributed by atoms with Crippen molar-refractivity contribution in [1.29, 1.82) is 0 Å². The summed E-state index contributed by atoms with van der Waals surface area (Å²) in [6.07, 6.45) is 1.88. The maximum Gasteiger partial charge on any atom is 0.152 e. The molecular formula is C19H19FN4O2S. The van der Waals surface area contributed by atoms with E-state index in [-0.39, 0.29) is 18.0 Å². The molecule has 3 heterocycles. The number of hydrogen-bond acceptors (Lipinski definition) is 7. The first-order valence-electron chi connectivity index (χ1n) is 8.79. The van der Waals surface area contributed by atoms with Crippen LogP contribution >= 0.6 is 11.3 Å². The van der Waals surface area contributed by atoms with E-state index in [1.54, 1.807) is 12.3 Å². The van der Waals surface area contributed by atoms with Gasteiger partial charge in [-0.3, -0.25) is 14.7 Å². The van der Waals surface area contributed by atoms with E-state index in [0.717, 1.165) is 23.5 Å². The first-order chi connectivity index (χ1) is 13.1. The van der Waals surface area contributed by atoms with E-state index in [0.29, 0.717) is 41.4 Å². The number of pyridine rings is 1. The zero-order chi connectivity index (χ0) is 18.8. The van der Waals surface area contributed by atoms with E-state index in [2.05, 4.69) is 20.1 Å². The molecule has 6 nitrogen and oxygen atoms in total. The van der Waals surface area contributed by atoms with E-state index in [1.165, 1.54) is 17.4 Å². The normalized spacial score (nSPS) is 15.3. The third-order valence-corrected chi connectivity index (χ3v) is 5.37. The maximum atomic E-state index is 14.4. The van der Waals surface area contributed by atoms with E-state index < -0.39 is 0 Å². The number of halogens is 1. The molecule has 0 radical (unpaired) electrons. The summed E-state index contributed by atoms with van der Waals surface area (Å²) in [4.78, 5) is 18.8. The SMILES string of the molecule is Cc1nnc(-c2cc3cc(CC(=O)CN4CCOCC4)ncc3cc2F)s1. The Kier molecular flexibility index (Phi) is 5.20. The van der Waals surface area contributed by atoms with Gasteiger partial charge in [0, 0.05) is 35.9 Å². The van der Waals surface area contributed by atoms with Gasteiger partial charge in [-0.2, -0.15) is 0 Å². The average Bonchev–Trinajstić information content (AvgIpc) is 3.08. The number of benzene rings is 1. The summed E-state index contributed by atoms with van der Waals surface area (Å²) in [6, 6.07) is 5.05. The van der Waals surface area contributed by atoms with Gasteiger partial charge in [0.1, 0.15) is 10.8 Å². The van der Waals surface area contributed by atoms with Gasteiger partial charge < -0.3 is 4.74 Å². The van der Waals surface area contributed by atoms with Crippen molar-refractivity contribution in [2.24, 2.45) is 0 Å². The molecule has 1 aliphatic heterocycles. The minimum Gasteiger partial charge on any atom is -0.379 e. The van der Waals surface area contributed by atoms with Crippen molar-refractivity contribution in [3.05, 3.63) is 40.9 Å². The number of nitrogens with zero attached hydrogens (tertiary/aromatic N) is 4. The van der Waals surface area contributed by atoms with Crippen LogP contribution in [0.25, 0.3) is 21.3 Å². The monoisotopic (exact) mass is 386 g/mol. The lowest BCUT2D eigenvalue weighted by molar-refractivity contribution is -0.120. The molecule has 4 rings (SSSR count). The topological polar surface area (TPSA) is 68.2 Å². The molecule has 2 aromatic heterocycles. The van der Waals surface area contributed by atoms with Crippen LogP contribution in [0.15, 0.2) is 24.4 Å². The quantitative estimate of drug-likeness (QED) is 0.672. The van der Waals surface area contributed by atoms with Crippen molar-refractivity contribution in [2.75, 3.05) is 32.8 Å². The summed E-state index contributed by atoms with van der Waals surface area (Å²) in [5.74, 6) is -0.234. The highest BCUT2D eigenvalue weighted by Crippen LogP contribution is 2.29. The summed E-state index contributed by atoms with van der Waals surface area (Å²) in [5.41, 5.74) is 1.11. The Hall–Kier alpha value is -2.29. The first-order valence-corrected chi connectivity index (χ1v) is 9.60. The van der Waals surface area contributed by atoms with Crippen molar-refractivity contribution < 1.29 is 13.9 Å². The van der Waals surface area contributed by atoms with Crippen LogP contribution in [-0.2, 0) is 16.0 Å². The third-order valence-electron chi connectivity index (χ3n) is 4.50. The summed E-state index contributed by atoms with van der Waals surface area (Å²) < 4.78 is 19.7. The van der Waals surface area contributed by atoms with E-state index in [9.17, 15) is 9.18 Å². The first kappa shape index (κ1) is 18.1. The van der Waals surface area contributed by atoms with Gasteiger partial charge in [0.25, 0.3) is 0 Å². The van der Waals surface area contributed by atoms with Crippen molar-refractivity contribution >= 4 is 27.9 Å². The zero-order valence-electron chi connectivity index (χ0n) is 14.9. The van der Waals surface area contributed by atoms with Crippen LogP contribution in [0, 0.1) is 12.7 Å². The Morgan fingerprint density at radius 2 is 2.04 bits per heavy atom. The third kappa shape index (κ3) is 4.18. The number of rotatable bonds is 5. The van der Waals surface area contributed by atoms with Gasteiger partial charge in [-0.15, -0.1) is 10.2 Å². The summed E-state index contributed by atoms with van der Waals surface area (Å²) in [5, 5.41) is 10.9. The highest BCUT2D eigenvalue weighted by molar-refractivity contribution is 7.14. The molecule has 0 atom stereocenters. The molecular weight excluding hydrogens is 367 g/mol. The summed E-state index contributed by atoms with van der Waals surface area (Å²) in [7, 11) is 0. The number of ether oxygens (including phenoxy) is 1. The number of aromatic nitrogens is 3. The highest BCUT2D eigenvalue weighted by atomic mass is 32.1. The van der Waals surface area contributed by atoms with Gasteiger partial charge in [0.2, 0.25) is 0 Å². The van der Waals surface area contributed by atoms with Gasteiger partial charge in [0.05, 0.1) is 26.2 Å². The fourth-order valence-electron chi connectivity index (χ4n) is 3.14. The molecule has 0 spiro atoms. The number of morpholine rings is 1. The Morgan fingerprint density at radius 1 is 1.22 bits per heavy atom. The number of hydrogen-bond donors (Lipinski definition) is 0. The molecule has 27 heavy (non-hydrogen) atoms. The number of carbonyl (C=O) groups excluding carboxylic acids is 1. The van der Waals surface area contributed by atoms with Crippen LogP contribution in [-0.4, -0.2) is 58.7 Å². The summed E-state index contributed by atoms with van der Waals surface area (Å²) in [6.45, 7) is 5.13. The lowest BCUT2D eigenvalue weighted by atomic mass is 10.1. The van der Waals surface area contributed by atoms with E-state index in [4.69, 9.17) is 4.74 Å². The second kappa shape index (κ2) is 7.75. The molecule has 1 fully saturated rings. The standard InChI is InChI=1S/C19H19FN4O2S/c1-12-22-23-19(27-12)17-7-13-6-15(21-10-14(13)8-18(17)20)9-16(25)11-24-2-4-26-5-3-24/h6-8,10H,2-5,9,11H2,1H3. The zero-order valence-corrected chi connectivity index (χ0v) is 15.8. The molecule has 3 aromatic rings. The number of Topliss-reactive ketones (excluding diaryl/α,β-unsaturated/α-hetero) is 1. The molecule has 140 valence electrons. The second-order valence-corrected chi connectivity index (χ2v) is 7.77. The fourth-order valence-corrected chi connectivity index (χ4v) is 3.85. The molecule has 8 heteroatoms. The average molecular weight is 386 g/mol. The van der Waals surface area contributed by atoms with Gasteiger partial charge in [-0.25, -0.2) is 4.39 Å². The Morgan fingerprint density at radius 3 is 2.78 bits per heavy atom. The number of ketones is 1. The Balaban J connectivity index is 1.55. The van der Waals surface area contributed by atoms with Crippen molar-refractivity contribution in [3.63, 3.8) is 0 Å². The predicted molar refractivity (Wildman–Crippen MR) is 101 cm³/mol. The fraction of sp³-hybridized carbons (Fsp3) is 0.368. The molecule has 0 N–H and O–H groups in total. The van der Waals surface area contributed by atoms with Gasteiger partial charge in [-0.1, -0.05) is 11.3 Å². The number of aryl methyl sites for hydroxylation is 1. The maximum absolute atomic E-state index is 14.4. The van der Waals surface area contributed by atoms with Crippen LogP contribution in [0.3, 0.4) is 0 Å². The highest BCUT2D eigenvalue weighted by Gasteiger charge is 2.16.